The van der Waals surface area contributed by atoms with Crippen molar-refractivity contribution in [2.24, 2.45) is 10.9 Å². The zero-order chi connectivity index (χ0) is 26.8. The van der Waals surface area contributed by atoms with Gasteiger partial charge in [-0.1, -0.05) is 123 Å². The molecule has 6 rings (SSSR count). The Hall–Kier alpha value is -4.49. The normalized spacial score (nSPS) is 15.9. The molecule has 0 spiro atoms. The van der Waals surface area contributed by atoms with Crippen molar-refractivity contribution in [3.8, 4) is 11.1 Å². The minimum atomic E-state index is 0.632. The van der Waals surface area contributed by atoms with Crippen LogP contribution in [0.3, 0.4) is 0 Å². The Morgan fingerprint density at radius 3 is 1.92 bits per heavy atom. The molecule has 0 saturated heterocycles. The third-order valence-electron chi connectivity index (χ3n) is 7.95. The maximum Gasteiger partial charge on any atom is 0.0703 e. The summed E-state index contributed by atoms with van der Waals surface area (Å²) in [6.07, 6.45) is 15.1. The topological polar surface area (TPSA) is 12.4 Å². The van der Waals surface area contributed by atoms with Crippen LogP contribution in [0.4, 0.5) is 0 Å². The van der Waals surface area contributed by atoms with E-state index in [1.165, 1.54) is 61.0 Å². The second kappa shape index (κ2) is 10.7. The van der Waals surface area contributed by atoms with Gasteiger partial charge in [0.2, 0.25) is 0 Å². The van der Waals surface area contributed by atoms with Gasteiger partial charge in [0.1, 0.15) is 0 Å². The fourth-order valence-corrected chi connectivity index (χ4v) is 6.08. The number of rotatable bonds is 6. The van der Waals surface area contributed by atoms with E-state index < -0.39 is 0 Å². The standard InChI is InChI=1S/C38H33N/c1-4-13-36(39-6-3)30-24-25-35(29-15-8-7-14-28(29)30)38-33-18-11-9-16-31(33)37(32-17-10-12-19-34(32)38)27-22-20-26(5-2)21-23-27/h4,6-20,22-26H,1,5,21H2,2-3H3/b36-13-,39-6?. The van der Waals surface area contributed by atoms with E-state index in [1.807, 2.05) is 25.3 Å². The van der Waals surface area contributed by atoms with Crippen LogP contribution in [0.2, 0.25) is 0 Å². The molecule has 0 amide bonds. The van der Waals surface area contributed by atoms with Gasteiger partial charge in [-0.2, -0.15) is 0 Å². The van der Waals surface area contributed by atoms with E-state index in [9.17, 15) is 0 Å². The van der Waals surface area contributed by atoms with Crippen molar-refractivity contribution in [1.29, 1.82) is 0 Å². The summed E-state index contributed by atoms with van der Waals surface area (Å²) in [5.41, 5.74) is 7.22. The van der Waals surface area contributed by atoms with Gasteiger partial charge in [0.05, 0.1) is 5.70 Å². The highest BCUT2D eigenvalue weighted by Gasteiger charge is 2.20. The Labute approximate surface area is 231 Å². The van der Waals surface area contributed by atoms with Gasteiger partial charge in [-0.3, -0.25) is 4.99 Å². The Morgan fingerprint density at radius 2 is 1.38 bits per heavy atom. The van der Waals surface area contributed by atoms with Crippen LogP contribution in [0.25, 0.3) is 54.7 Å². The zero-order valence-electron chi connectivity index (χ0n) is 22.7. The molecule has 0 saturated carbocycles. The third kappa shape index (κ3) is 4.34. The van der Waals surface area contributed by atoms with Crippen LogP contribution in [-0.4, -0.2) is 6.21 Å². The first kappa shape index (κ1) is 24.8. The SMILES string of the molecule is C=C/C=C(\N=CC)c1ccc(-c2c3ccccc3c(C3=CCC(CC)C=C3)c3ccccc23)c2ccccc12. The van der Waals surface area contributed by atoms with Gasteiger partial charge >= 0.3 is 0 Å². The number of hydrogen-bond donors (Lipinski definition) is 0. The molecule has 190 valence electrons. The van der Waals surface area contributed by atoms with Gasteiger partial charge in [0.15, 0.2) is 0 Å². The van der Waals surface area contributed by atoms with Crippen molar-refractivity contribution in [2.45, 2.75) is 26.7 Å². The highest BCUT2D eigenvalue weighted by molar-refractivity contribution is 6.22. The molecule has 5 aromatic carbocycles. The summed E-state index contributed by atoms with van der Waals surface area (Å²) < 4.78 is 0. The first-order valence-corrected chi connectivity index (χ1v) is 13.9. The molecule has 1 aliphatic carbocycles. The van der Waals surface area contributed by atoms with Gasteiger partial charge in [0, 0.05) is 11.8 Å². The number of fused-ring (bicyclic) bond motifs is 3. The second-order valence-corrected chi connectivity index (χ2v) is 10.1. The minimum Gasteiger partial charge on any atom is -0.261 e. The predicted octanol–water partition coefficient (Wildman–Crippen LogP) is 10.8. The van der Waals surface area contributed by atoms with Gasteiger partial charge in [-0.15, -0.1) is 0 Å². The van der Waals surface area contributed by atoms with Crippen molar-refractivity contribution >= 4 is 49.8 Å². The lowest BCUT2D eigenvalue weighted by atomic mass is 9.82. The van der Waals surface area contributed by atoms with Crippen LogP contribution in [-0.2, 0) is 0 Å². The van der Waals surface area contributed by atoms with E-state index in [4.69, 9.17) is 0 Å². The summed E-state index contributed by atoms with van der Waals surface area (Å²) in [6.45, 7) is 8.14. The van der Waals surface area contributed by atoms with Gasteiger partial charge in [-0.05, 0) is 86.3 Å². The van der Waals surface area contributed by atoms with Crippen LogP contribution < -0.4 is 0 Å². The second-order valence-electron chi connectivity index (χ2n) is 10.1. The third-order valence-corrected chi connectivity index (χ3v) is 7.95. The minimum absolute atomic E-state index is 0.632. The smallest absolute Gasteiger partial charge is 0.0703 e. The van der Waals surface area contributed by atoms with E-state index in [1.54, 1.807) is 0 Å². The summed E-state index contributed by atoms with van der Waals surface area (Å²) in [6, 6.07) is 31.0. The van der Waals surface area contributed by atoms with Crippen LogP contribution in [0.5, 0.6) is 0 Å². The highest BCUT2D eigenvalue weighted by Crippen LogP contribution is 2.45. The Morgan fingerprint density at radius 1 is 0.795 bits per heavy atom. The van der Waals surface area contributed by atoms with Crippen molar-refractivity contribution in [1.82, 2.24) is 0 Å². The molecule has 0 aromatic heterocycles. The van der Waals surface area contributed by atoms with E-state index in [0.717, 1.165) is 17.7 Å². The van der Waals surface area contributed by atoms with Crippen LogP contribution >= 0.6 is 0 Å². The molecule has 5 aromatic rings. The van der Waals surface area contributed by atoms with E-state index in [2.05, 4.69) is 122 Å². The first-order chi connectivity index (χ1) is 19.2. The number of nitrogens with zero attached hydrogens (tertiary/aromatic N) is 1. The first-order valence-electron chi connectivity index (χ1n) is 13.9. The molecule has 0 heterocycles. The van der Waals surface area contributed by atoms with E-state index >= 15 is 0 Å². The molecule has 1 aliphatic rings. The summed E-state index contributed by atoms with van der Waals surface area (Å²) in [4.78, 5) is 4.66. The molecule has 39 heavy (non-hydrogen) atoms. The molecule has 1 heteroatoms. The lowest BCUT2D eigenvalue weighted by Gasteiger charge is -2.21. The number of allylic oxidation sites excluding steroid dienone is 6. The molecule has 0 N–H and O–H groups in total. The van der Waals surface area contributed by atoms with Gasteiger partial charge < -0.3 is 0 Å². The van der Waals surface area contributed by atoms with E-state index in [-0.39, 0.29) is 0 Å². The summed E-state index contributed by atoms with van der Waals surface area (Å²) in [7, 11) is 0. The average molecular weight is 504 g/mol. The fraction of sp³-hybridized carbons (Fsp3) is 0.132. The fourth-order valence-electron chi connectivity index (χ4n) is 6.08. The quantitative estimate of drug-likeness (QED) is 0.124. The molecular weight excluding hydrogens is 470 g/mol. The molecule has 0 radical (unpaired) electrons. The van der Waals surface area contributed by atoms with Crippen molar-refractivity contribution in [3.63, 3.8) is 0 Å². The molecule has 1 nitrogen and oxygen atoms in total. The van der Waals surface area contributed by atoms with E-state index in [0.29, 0.717) is 5.92 Å². The predicted molar refractivity (Wildman–Crippen MR) is 172 cm³/mol. The molecular formula is C38H33N. The van der Waals surface area contributed by atoms with Gasteiger partial charge in [0.25, 0.3) is 0 Å². The summed E-state index contributed by atoms with van der Waals surface area (Å²) >= 11 is 0. The van der Waals surface area contributed by atoms with Crippen LogP contribution in [0.1, 0.15) is 37.8 Å². The maximum atomic E-state index is 4.66. The Kier molecular flexibility index (Phi) is 6.82. The van der Waals surface area contributed by atoms with Crippen molar-refractivity contribution in [3.05, 3.63) is 133 Å². The molecule has 1 unspecified atom stereocenters. The zero-order valence-corrected chi connectivity index (χ0v) is 22.7. The molecule has 0 aliphatic heterocycles. The molecule has 0 fully saturated rings. The number of benzene rings is 5. The molecule has 0 bridgehead atoms. The van der Waals surface area contributed by atoms with Crippen molar-refractivity contribution < 1.29 is 0 Å². The average Bonchev–Trinajstić information content (AvgIpc) is 2.99. The largest absolute Gasteiger partial charge is 0.261 e. The summed E-state index contributed by atoms with van der Waals surface area (Å²) in [5.74, 6) is 0.632. The monoisotopic (exact) mass is 503 g/mol. The highest BCUT2D eigenvalue weighted by atomic mass is 14.7. The van der Waals surface area contributed by atoms with Crippen molar-refractivity contribution in [2.75, 3.05) is 0 Å². The molecule has 1 atom stereocenters. The summed E-state index contributed by atoms with van der Waals surface area (Å²) in [5, 5.41) is 7.58. The lowest BCUT2D eigenvalue weighted by molar-refractivity contribution is 0.634. The number of aliphatic imine (C=N–C) groups is 1. The Balaban J connectivity index is 1.69. The van der Waals surface area contributed by atoms with Crippen LogP contribution in [0.15, 0.2) is 127 Å². The van der Waals surface area contributed by atoms with Gasteiger partial charge in [-0.25, -0.2) is 0 Å². The maximum absolute atomic E-state index is 4.66. The van der Waals surface area contributed by atoms with Crippen LogP contribution in [0, 0.1) is 5.92 Å². The number of hydrogen-bond acceptors (Lipinski definition) is 1. The Bertz CT molecular complexity index is 1790. The lowest BCUT2D eigenvalue weighted by Crippen LogP contribution is -1.99.